The lowest BCUT2D eigenvalue weighted by atomic mass is 9.98. The maximum absolute atomic E-state index is 10.6. The zero-order valence-electron chi connectivity index (χ0n) is 28.2. The van der Waals surface area contributed by atoms with E-state index < -0.39 is 37.3 Å². The van der Waals surface area contributed by atoms with Gasteiger partial charge in [0.1, 0.15) is 24.4 Å². The first kappa shape index (κ1) is 36.3. The number of nitrogens with one attached hydrogen (secondary N) is 1. The molecule has 1 heterocycles. The smallest absolute Gasteiger partial charge is 0.162 e. The molecule has 6 aromatic carbocycles. The van der Waals surface area contributed by atoms with Gasteiger partial charge < -0.3 is 25.2 Å². The van der Waals surface area contributed by atoms with E-state index in [2.05, 4.69) is 60.1 Å². The van der Waals surface area contributed by atoms with E-state index in [0.29, 0.717) is 13.2 Å². The Labute approximate surface area is 297 Å². The second kappa shape index (κ2) is 18.1. The van der Waals surface area contributed by atoms with Gasteiger partial charge in [-0.25, -0.2) is 0 Å². The van der Waals surface area contributed by atoms with Gasteiger partial charge in [0.15, 0.2) is 6.23 Å². The number of aliphatic hydroxyl groups is 4. The number of ether oxygens (including phenoxy) is 1. The van der Waals surface area contributed by atoms with Crippen molar-refractivity contribution in [3.05, 3.63) is 168 Å². The number of hydrogen-bond acceptors (Lipinski definition) is 9. The number of hydroxylamine groups is 3. The van der Waals surface area contributed by atoms with Crippen molar-refractivity contribution in [1.29, 1.82) is 0 Å². The zero-order valence-corrected chi connectivity index (χ0v) is 28.2. The van der Waals surface area contributed by atoms with Gasteiger partial charge in [-0.2, -0.15) is 10.5 Å². The van der Waals surface area contributed by atoms with Crippen LogP contribution in [0.25, 0.3) is 21.5 Å². The molecule has 5 atom stereocenters. The standard InChI is InChI=1S/C24H27NO6.C18H17NO/c26-14-20-21(27)22(28)23(29)24(31-20)25(30-15-16-6-2-1-3-7-16)13-17-10-11-18-8-4-5-9-19(18)12-17;1-2-6-15(7-3-1)14-20-19-13-16-10-11-17-8-4-5-9-18(17)12-16/h1-12,20-24,26-29H,13-15H2;1-12,19H,13-14H2/t20?,21-,22+,23?,24-;/m1./s1. The van der Waals surface area contributed by atoms with Gasteiger partial charge in [0.05, 0.1) is 26.4 Å². The summed E-state index contributed by atoms with van der Waals surface area (Å²) in [7, 11) is 0. The summed E-state index contributed by atoms with van der Waals surface area (Å²) in [5.41, 5.74) is 7.25. The Balaban J connectivity index is 0.000000193. The van der Waals surface area contributed by atoms with Gasteiger partial charge in [-0.1, -0.05) is 133 Å². The Morgan fingerprint density at radius 3 is 1.69 bits per heavy atom. The molecule has 0 radical (unpaired) electrons. The van der Waals surface area contributed by atoms with E-state index >= 15 is 0 Å². The van der Waals surface area contributed by atoms with E-state index in [0.717, 1.165) is 21.9 Å². The number of fused-ring (bicyclic) bond motifs is 2. The first-order valence-electron chi connectivity index (χ1n) is 17.1. The third kappa shape index (κ3) is 9.84. The monoisotopic (exact) mass is 688 g/mol. The second-order valence-electron chi connectivity index (χ2n) is 12.5. The summed E-state index contributed by atoms with van der Waals surface area (Å²) in [4.78, 5) is 11.5. The van der Waals surface area contributed by atoms with Crippen LogP contribution in [-0.2, 0) is 40.7 Å². The van der Waals surface area contributed by atoms with Crippen molar-refractivity contribution in [2.45, 2.75) is 56.9 Å². The van der Waals surface area contributed by atoms with Gasteiger partial charge in [-0.05, 0) is 55.9 Å². The molecule has 1 fully saturated rings. The third-order valence-electron chi connectivity index (χ3n) is 8.82. The molecule has 0 saturated carbocycles. The van der Waals surface area contributed by atoms with Crippen molar-refractivity contribution in [3.8, 4) is 0 Å². The van der Waals surface area contributed by atoms with E-state index in [4.69, 9.17) is 14.4 Å². The van der Waals surface area contributed by atoms with Gasteiger partial charge in [0, 0.05) is 6.54 Å². The highest BCUT2D eigenvalue weighted by molar-refractivity contribution is 5.83. The van der Waals surface area contributed by atoms with Crippen LogP contribution in [0.1, 0.15) is 22.3 Å². The minimum Gasteiger partial charge on any atom is -0.394 e. The highest BCUT2D eigenvalue weighted by Gasteiger charge is 2.46. The van der Waals surface area contributed by atoms with E-state index in [1.807, 2.05) is 91.0 Å². The normalized spacial score (nSPS) is 20.3. The average molecular weight is 689 g/mol. The van der Waals surface area contributed by atoms with Crippen molar-refractivity contribution in [1.82, 2.24) is 10.5 Å². The van der Waals surface area contributed by atoms with Gasteiger partial charge in [0.2, 0.25) is 0 Å². The van der Waals surface area contributed by atoms with Crippen LogP contribution in [0.3, 0.4) is 0 Å². The largest absolute Gasteiger partial charge is 0.394 e. The summed E-state index contributed by atoms with van der Waals surface area (Å²) in [5.74, 6) is 0. The first-order valence-corrected chi connectivity index (χ1v) is 17.1. The Bertz CT molecular complexity index is 1940. The molecule has 7 rings (SSSR count). The molecule has 0 aromatic heterocycles. The predicted molar refractivity (Wildman–Crippen MR) is 197 cm³/mol. The van der Waals surface area contributed by atoms with E-state index in [9.17, 15) is 20.4 Å². The topological polar surface area (TPSA) is 124 Å². The van der Waals surface area contributed by atoms with Crippen LogP contribution in [0.4, 0.5) is 0 Å². The molecule has 5 N–H and O–H groups in total. The number of aliphatic hydroxyl groups excluding tert-OH is 4. The SMILES string of the molecule is OCC1O[C@@H](N(Cc2ccc3ccccc3c2)OCc2ccccc2)C(O)[C@@H](O)[C@@H]1O.c1ccc(CONCc2ccc3ccccc3c2)cc1. The maximum atomic E-state index is 10.6. The molecule has 6 aromatic rings. The maximum Gasteiger partial charge on any atom is 0.162 e. The zero-order chi connectivity index (χ0) is 35.4. The van der Waals surface area contributed by atoms with Crippen LogP contribution in [0, 0.1) is 0 Å². The molecule has 0 bridgehead atoms. The van der Waals surface area contributed by atoms with E-state index in [-0.39, 0.29) is 13.2 Å². The van der Waals surface area contributed by atoms with Crippen molar-refractivity contribution < 1.29 is 34.8 Å². The lowest BCUT2D eigenvalue weighted by Crippen LogP contribution is -2.62. The van der Waals surface area contributed by atoms with Crippen LogP contribution in [0.5, 0.6) is 0 Å². The molecule has 9 heteroatoms. The molecular weight excluding hydrogens is 644 g/mol. The van der Waals surface area contributed by atoms with Crippen LogP contribution in [-0.4, -0.2) is 62.7 Å². The van der Waals surface area contributed by atoms with Crippen LogP contribution < -0.4 is 5.48 Å². The fraction of sp³-hybridized carbons (Fsp3) is 0.238. The minimum absolute atomic E-state index is 0.226. The number of hydrogen-bond donors (Lipinski definition) is 5. The predicted octanol–water partition coefficient (Wildman–Crippen LogP) is 5.63. The van der Waals surface area contributed by atoms with Crippen molar-refractivity contribution in [2.24, 2.45) is 0 Å². The minimum atomic E-state index is -1.48. The highest BCUT2D eigenvalue weighted by Crippen LogP contribution is 2.27. The third-order valence-corrected chi connectivity index (χ3v) is 8.82. The summed E-state index contributed by atoms with van der Waals surface area (Å²) < 4.78 is 5.73. The average Bonchev–Trinajstić information content (AvgIpc) is 3.18. The van der Waals surface area contributed by atoms with Crippen molar-refractivity contribution >= 4 is 21.5 Å². The summed E-state index contributed by atoms with van der Waals surface area (Å²) in [6.45, 7) is 1.28. The molecule has 1 aliphatic heterocycles. The fourth-order valence-corrected chi connectivity index (χ4v) is 5.97. The van der Waals surface area contributed by atoms with Crippen LogP contribution in [0.2, 0.25) is 0 Å². The number of nitrogens with zero attached hydrogens (tertiary/aromatic N) is 1. The molecule has 1 saturated heterocycles. The molecule has 0 amide bonds. The Morgan fingerprint density at radius 2 is 1.08 bits per heavy atom. The summed E-state index contributed by atoms with van der Waals surface area (Å²) >= 11 is 0. The highest BCUT2D eigenvalue weighted by atomic mass is 16.7. The van der Waals surface area contributed by atoms with E-state index in [1.165, 1.54) is 27.0 Å². The first-order chi connectivity index (χ1) is 25.0. The van der Waals surface area contributed by atoms with Gasteiger partial charge in [-0.3, -0.25) is 9.68 Å². The molecule has 0 aliphatic carbocycles. The molecular formula is C42H44N2O7. The van der Waals surface area contributed by atoms with Crippen LogP contribution >= 0.6 is 0 Å². The Hall–Kier alpha value is -4.52. The lowest BCUT2D eigenvalue weighted by Gasteiger charge is -2.43. The summed E-state index contributed by atoms with van der Waals surface area (Å²) in [5, 5.41) is 46.7. The van der Waals surface area contributed by atoms with Crippen molar-refractivity contribution in [3.63, 3.8) is 0 Å². The van der Waals surface area contributed by atoms with Gasteiger partial charge in [0.25, 0.3) is 0 Å². The number of rotatable bonds is 12. The lowest BCUT2D eigenvalue weighted by molar-refractivity contribution is -0.342. The molecule has 51 heavy (non-hydrogen) atoms. The molecule has 0 spiro atoms. The second-order valence-corrected chi connectivity index (χ2v) is 12.5. The molecule has 2 unspecified atom stereocenters. The van der Waals surface area contributed by atoms with Crippen LogP contribution in [0.15, 0.2) is 146 Å². The Kier molecular flexibility index (Phi) is 12.9. The summed E-state index contributed by atoms with van der Waals surface area (Å²) in [6, 6.07) is 48.5. The summed E-state index contributed by atoms with van der Waals surface area (Å²) in [6.07, 6.45) is -6.41. The van der Waals surface area contributed by atoms with Gasteiger partial charge in [-0.15, -0.1) is 0 Å². The van der Waals surface area contributed by atoms with Gasteiger partial charge >= 0.3 is 0 Å². The van der Waals surface area contributed by atoms with E-state index in [1.54, 1.807) is 0 Å². The Morgan fingerprint density at radius 1 is 0.549 bits per heavy atom. The molecule has 1 aliphatic rings. The molecule has 9 nitrogen and oxygen atoms in total. The van der Waals surface area contributed by atoms with Crippen molar-refractivity contribution in [2.75, 3.05) is 6.61 Å². The number of benzene rings is 6. The quantitative estimate of drug-likeness (QED) is 0.0822. The fourth-order valence-electron chi connectivity index (χ4n) is 5.97. The molecule has 264 valence electrons.